The summed E-state index contributed by atoms with van der Waals surface area (Å²) < 4.78 is 0. The topological polar surface area (TPSA) is 551 Å². The first-order valence-electron chi connectivity index (χ1n) is 22.5. The van der Waals surface area contributed by atoms with Gasteiger partial charge in [-0.2, -0.15) is 0 Å². The number of aliphatic imine (C=N–C) groups is 2. The highest BCUT2D eigenvalue weighted by Gasteiger charge is 2.31. The van der Waals surface area contributed by atoms with Crippen molar-refractivity contribution in [2.45, 2.75) is 114 Å². The Morgan fingerprint density at radius 2 is 0.743 bits per heavy atom. The molecule has 410 valence electrons. The van der Waals surface area contributed by atoms with Crippen LogP contribution in [0.4, 0.5) is 0 Å². The lowest BCUT2D eigenvalue weighted by atomic mass is 10.1. The summed E-state index contributed by atoms with van der Waals surface area (Å²) in [6.45, 7) is -0.981. The third-order valence-corrected chi connectivity index (χ3v) is 10.0. The first-order chi connectivity index (χ1) is 34.8. The molecule has 0 saturated carbocycles. The van der Waals surface area contributed by atoms with Crippen molar-refractivity contribution in [2.24, 2.45) is 32.9 Å². The third kappa shape index (κ3) is 28.2. The van der Waals surface area contributed by atoms with Crippen LogP contribution in [0.1, 0.15) is 75.3 Å². The van der Waals surface area contributed by atoms with Gasteiger partial charge in [-0.1, -0.05) is 24.3 Å². The molecule has 0 radical (unpaired) electrons. The second-order valence-electron chi connectivity index (χ2n) is 16.1. The van der Waals surface area contributed by atoms with Crippen LogP contribution in [0.25, 0.3) is 0 Å². The normalized spacial score (nSPS) is 13.1. The number of hydrogen-bond acceptors (Lipinski definition) is 16. The van der Waals surface area contributed by atoms with Gasteiger partial charge in [0.1, 0.15) is 36.3 Å². The average Bonchev–Trinajstić information content (AvgIpc) is 3.30. The van der Waals surface area contributed by atoms with Gasteiger partial charge >= 0.3 is 35.8 Å². The van der Waals surface area contributed by atoms with Crippen LogP contribution < -0.4 is 65.5 Å². The van der Waals surface area contributed by atoms with Crippen LogP contribution in [-0.2, 0) is 70.6 Å². The van der Waals surface area contributed by atoms with Gasteiger partial charge in [-0.05, 0) is 36.8 Å². The molecule has 0 bridgehead atoms. The molecule has 0 aliphatic rings. The maximum absolute atomic E-state index is 13.4. The zero-order valence-electron chi connectivity index (χ0n) is 39.9. The van der Waals surface area contributed by atoms with E-state index in [0.717, 1.165) is 0 Å². The summed E-state index contributed by atoms with van der Waals surface area (Å²) in [5.41, 5.74) is 22.3. The van der Waals surface area contributed by atoms with E-state index >= 15 is 0 Å². The molecule has 0 aromatic heterocycles. The van der Waals surface area contributed by atoms with Crippen molar-refractivity contribution < 1.29 is 88.2 Å². The molecule has 1 aromatic rings. The number of guanidine groups is 2. The number of nitrogens with zero attached hydrogens (tertiary/aromatic N) is 2. The van der Waals surface area contributed by atoms with E-state index in [2.05, 4.69) is 52.5 Å². The number of amides is 6. The maximum atomic E-state index is 13.4. The molecule has 0 saturated heterocycles. The number of rotatable bonds is 38. The first-order valence-corrected chi connectivity index (χ1v) is 22.5. The SMILES string of the molecule is NC(N)=NCCC[C@H](NC(=O)CCN[C@@H](CC(=O)O)C(=O)O)C(=O)N[C@@H](CC(=O)O)C(=O)NCc1ccc(CNC(=O)[C@H](CC(=O)O)NC(=O)[C@H](CCCN=C(N)N)NC(=O)CCN[C@@H](CC(=O)O)C(=O)O)cc1. The van der Waals surface area contributed by atoms with E-state index in [1.54, 1.807) is 0 Å². The molecule has 0 aliphatic carbocycles. The smallest absolute Gasteiger partial charge is 0.321 e. The van der Waals surface area contributed by atoms with E-state index in [1.807, 2.05) is 0 Å². The van der Waals surface area contributed by atoms with Crippen molar-refractivity contribution in [1.29, 1.82) is 0 Å². The molecule has 74 heavy (non-hydrogen) atoms. The number of benzene rings is 1. The van der Waals surface area contributed by atoms with Gasteiger partial charge in [-0.3, -0.25) is 67.5 Å². The van der Waals surface area contributed by atoms with E-state index < -0.39 is 146 Å². The zero-order valence-corrected chi connectivity index (χ0v) is 39.9. The predicted molar refractivity (Wildman–Crippen MR) is 255 cm³/mol. The van der Waals surface area contributed by atoms with Crippen LogP contribution in [0.3, 0.4) is 0 Å². The lowest BCUT2D eigenvalue weighted by molar-refractivity contribution is -0.146. The second-order valence-corrected chi connectivity index (χ2v) is 16.1. The molecule has 32 nitrogen and oxygen atoms in total. The maximum Gasteiger partial charge on any atom is 0.321 e. The number of nitrogens with one attached hydrogen (secondary N) is 8. The van der Waals surface area contributed by atoms with Crippen LogP contribution in [-0.4, -0.2) is 176 Å². The quantitative estimate of drug-likeness (QED) is 0.0166. The Bertz CT molecular complexity index is 2050. The number of carbonyl (C=O) groups is 12. The van der Waals surface area contributed by atoms with E-state index in [9.17, 15) is 78.0 Å². The fourth-order valence-electron chi connectivity index (χ4n) is 6.35. The third-order valence-electron chi connectivity index (χ3n) is 10.0. The highest BCUT2D eigenvalue weighted by molar-refractivity contribution is 5.95. The molecule has 0 spiro atoms. The second kappa shape index (κ2) is 33.8. The minimum Gasteiger partial charge on any atom is -0.481 e. The van der Waals surface area contributed by atoms with Crippen molar-refractivity contribution in [3.63, 3.8) is 0 Å². The van der Waals surface area contributed by atoms with Gasteiger partial charge in [-0.25, -0.2) is 0 Å². The summed E-state index contributed by atoms with van der Waals surface area (Å²) in [7, 11) is 0. The zero-order chi connectivity index (χ0) is 55.9. The van der Waals surface area contributed by atoms with Crippen molar-refractivity contribution in [3.8, 4) is 0 Å². The van der Waals surface area contributed by atoms with E-state index in [1.165, 1.54) is 24.3 Å². The van der Waals surface area contributed by atoms with Crippen LogP contribution >= 0.6 is 0 Å². The number of carboxylic acids is 6. The number of aliphatic carboxylic acids is 6. The Balaban J connectivity index is 3.03. The van der Waals surface area contributed by atoms with Gasteiger partial charge in [0.25, 0.3) is 0 Å². The Labute approximate surface area is 421 Å². The molecular weight excluding hydrogens is 989 g/mol. The van der Waals surface area contributed by atoms with Crippen LogP contribution in [0.5, 0.6) is 0 Å². The van der Waals surface area contributed by atoms with E-state index in [4.69, 9.17) is 33.1 Å². The van der Waals surface area contributed by atoms with Gasteiger partial charge in [0.15, 0.2) is 11.9 Å². The van der Waals surface area contributed by atoms with Gasteiger partial charge in [0.05, 0.1) is 25.7 Å². The summed E-state index contributed by atoms with van der Waals surface area (Å²) in [6, 6.07) is -3.03. The van der Waals surface area contributed by atoms with Crippen molar-refractivity contribution in [2.75, 3.05) is 26.2 Å². The monoisotopic (exact) mass is 1050 g/mol. The molecule has 22 N–H and O–H groups in total. The number of carboxylic acid groups (broad SMARTS) is 6. The van der Waals surface area contributed by atoms with Crippen molar-refractivity contribution >= 4 is 83.2 Å². The Hall–Kier alpha value is -8.68. The van der Waals surface area contributed by atoms with Gasteiger partial charge < -0.3 is 96.1 Å². The molecule has 0 aliphatic heterocycles. The molecule has 6 amide bonds. The predicted octanol–water partition coefficient (Wildman–Crippen LogP) is -6.27. The number of carbonyl (C=O) groups excluding carboxylic acids is 6. The largest absolute Gasteiger partial charge is 0.481 e. The summed E-state index contributed by atoms with van der Waals surface area (Å²) in [5.74, 6) is -14.6. The van der Waals surface area contributed by atoms with Crippen molar-refractivity contribution in [3.05, 3.63) is 35.4 Å². The fourth-order valence-corrected chi connectivity index (χ4v) is 6.35. The lowest BCUT2D eigenvalue weighted by Gasteiger charge is -2.23. The summed E-state index contributed by atoms with van der Waals surface area (Å²) in [6.07, 6.45) is -4.14. The number of nitrogens with two attached hydrogens (primary N) is 4. The Morgan fingerprint density at radius 3 is 1.03 bits per heavy atom. The highest BCUT2D eigenvalue weighted by Crippen LogP contribution is 2.08. The molecule has 1 rings (SSSR count). The van der Waals surface area contributed by atoms with Crippen LogP contribution in [0.15, 0.2) is 34.3 Å². The Kier molecular flexibility index (Phi) is 28.9. The Morgan fingerprint density at radius 1 is 0.432 bits per heavy atom. The van der Waals surface area contributed by atoms with Gasteiger partial charge in [0.2, 0.25) is 35.4 Å². The molecular formula is C42H64N14O18. The summed E-state index contributed by atoms with van der Waals surface area (Å²) in [4.78, 5) is 155. The lowest BCUT2D eigenvalue weighted by Crippen LogP contribution is -2.54. The molecule has 6 atom stereocenters. The molecule has 32 heteroatoms. The van der Waals surface area contributed by atoms with Gasteiger partial charge in [0, 0.05) is 52.1 Å². The summed E-state index contributed by atoms with van der Waals surface area (Å²) >= 11 is 0. The minimum atomic E-state index is -1.66. The molecule has 0 fully saturated rings. The highest BCUT2D eigenvalue weighted by atomic mass is 16.4. The molecule has 1 aromatic carbocycles. The molecule has 0 heterocycles. The average molecular weight is 1050 g/mol. The minimum absolute atomic E-state index is 0.0165. The summed E-state index contributed by atoms with van der Waals surface area (Å²) in [5, 5.41) is 74.6. The first kappa shape index (κ1) is 63.3. The number of hydrogen-bond donors (Lipinski definition) is 18. The fraction of sp³-hybridized carbons (Fsp3) is 0.524. The van der Waals surface area contributed by atoms with Gasteiger partial charge in [-0.15, -0.1) is 0 Å². The van der Waals surface area contributed by atoms with E-state index in [-0.39, 0.29) is 76.9 Å². The van der Waals surface area contributed by atoms with E-state index in [0.29, 0.717) is 11.1 Å². The van der Waals surface area contributed by atoms with Crippen molar-refractivity contribution in [1.82, 2.24) is 42.5 Å². The standard InChI is InChI=1S/C42H64N14O18/c43-41(44)49-11-1-3-23(53-29(57)9-13-47-27(39(71)72)17-33(63)64)37(69)55-25(15-31(59)60)35(67)51-19-21-5-7-22(8-6-21)20-52-36(68)26(16-32(61)62)56-38(70)24(4-2-12-50-42(45)46)54-30(58)10-14-48-28(40(73)74)18-34(65)66/h5-8,23-28,47-48H,1-4,9-20H2,(H,51,67)(H,52,68)(H,53,57)(H,54,58)(H,55,69)(H,56,70)(H,59,60)(H,61,62)(H,63,64)(H,65,66)(H,71,72)(H,73,74)(H4,43,44,49)(H4,45,46,50)/t23-,24-,25-,26-,27-,28-/m0/s1. The van der Waals surface area contributed by atoms with Crippen LogP contribution in [0.2, 0.25) is 0 Å². The van der Waals surface area contributed by atoms with Crippen LogP contribution in [0, 0.1) is 0 Å². The molecule has 0 unspecified atom stereocenters.